The van der Waals surface area contributed by atoms with Crippen molar-refractivity contribution >= 4 is 18.0 Å². The number of hydrogen-bond acceptors (Lipinski definition) is 4. The number of nitrogens with zero attached hydrogens (tertiary/aromatic N) is 2. The third kappa shape index (κ3) is 3.70. The lowest BCUT2D eigenvalue weighted by atomic mass is 10.1. The fraction of sp³-hybridized carbons (Fsp3) is 0.583. The third-order valence-corrected chi connectivity index (χ3v) is 2.79. The predicted octanol–water partition coefficient (Wildman–Crippen LogP) is 0.316. The number of ether oxygens (including phenoxy) is 1. The minimum Gasteiger partial charge on any atom is -0.465 e. The Bertz CT molecular complexity index is 416. The third-order valence-electron chi connectivity index (χ3n) is 2.79. The van der Waals surface area contributed by atoms with E-state index in [4.69, 9.17) is 9.84 Å². The SMILES string of the molecule is CCOC(=O)C=C1C[C@@H](C(=O)N(C)C)N(C(=O)O)C1. The summed E-state index contributed by atoms with van der Waals surface area (Å²) in [6, 6.07) is -0.770. The molecule has 0 radical (unpaired) electrons. The normalized spacial score (nSPS) is 20.5. The number of carbonyl (C=O) groups is 3. The van der Waals surface area contributed by atoms with Gasteiger partial charge in [0.25, 0.3) is 0 Å². The predicted molar refractivity (Wildman–Crippen MR) is 66.5 cm³/mol. The summed E-state index contributed by atoms with van der Waals surface area (Å²) in [5.74, 6) is -0.810. The molecule has 7 nitrogen and oxygen atoms in total. The summed E-state index contributed by atoms with van der Waals surface area (Å²) in [5, 5.41) is 9.08. The van der Waals surface area contributed by atoms with Gasteiger partial charge < -0.3 is 14.7 Å². The summed E-state index contributed by atoms with van der Waals surface area (Å²) in [6.07, 6.45) is 0.317. The highest BCUT2D eigenvalue weighted by atomic mass is 16.5. The second kappa shape index (κ2) is 6.21. The molecule has 0 saturated carbocycles. The molecule has 1 heterocycles. The average molecular weight is 270 g/mol. The van der Waals surface area contributed by atoms with E-state index in [0.717, 1.165) is 4.90 Å². The Hall–Kier alpha value is -2.05. The Balaban J connectivity index is 2.86. The van der Waals surface area contributed by atoms with Crippen LogP contribution in [0.3, 0.4) is 0 Å². The largest absolute Gasteiger partial charge is 0.465 e. The second-order valence-electron chi connectivity index (χ2n) is 4.42. The van der Waals surface area contributed by atoms with Gasteiger partial charge in [-0.2, -0.15) is 0 Å². The van der Waals surface area contributed by atoms with Crippen LogP contribution < -0.4 is 0 Å². The van der Waals surface area contributed by atoms with Crippen LogP contribution >= 0.6 is 0 Å². The molecule has 1 atom stereocenters. The molecule has 1 aliphatic rings. The molecule has 0 aliphatic carbocycles. The van der Waals surface area contributed by atoms with E-state index >= 15 is 0 Å². The quantitative estimate of drug-likeness (QED) is 0.589. The molecular weight excluding hydrogens is 252 g/mol. The van der Waals surface area contributed by atoms with Crippen molar-refractivity contribution in [1.29, 1.82) is 0 Å². The first-order chi connectivity index (χ1) is 8.86. The smallest absolute Gasteiger partial charge is 0.408 e. The van der Waals surface area contributed by atoms with Crippen LogP contribution in [0.15, 0.2) is 11.6 Å². The first-order valence-electron chi connectivity index (χ1n) is 5.93. The summed E-state index contributed by atoms with van der Waals surface area (Å²) in [4.78, 5) is 36.7. The molecule has 1 aliphatic heterocycles. The van der Waals surface area contributed by atoms with Crippen LogP contribution in [0.4, 0.5) is 4.79 Å². The molecule has 1 rings (SSSR count). The Labute approximate surface area is 111 Å². The van der Waals surface area contributed by atoms with E-state index in [2.05, 4.69) is 0 Å². The first-order valence-corrected chi connectivity index (χ1v) is 5.93. The molecule has 0 aromatic rings. The molecule has 7 heteroatoms. The van der Waals surface area contributed by atoms with Gasteiger partial charge in [0.05, 0.1) is 6.61 Å². The number of hydrogen-bond donors (Lipinski definition) is 1. The van der Waals surface area contributed by atoms with E-state index in [-0.39, 0.29) is 25.5 Å². The van der Waals surface area contributed by atoms with Gasteiger partial charge in [-0.25, -0.2) is 9.59 Å². The molecule has 0 aromatic heterocycles. The van der Waals surface area contributed by atoms with Gasteiger partial charge in [0.2, 0.25) is 5.91 Å². The molecule has 106 valence electrons. The monoisotopic (exact) mass is 270 g/mol. The van der Waals surface area contributed by atoms with Gasteiger partial charge in [-0.05, 0) is 12.5 Å². The van der Waals surface area contributed by atoms with Crippen LogP contribution in [0.25, 0.3) is 0 Å². The highest BCUT2D eigenvalue weighted by molar-refractivity contribution is 5.88. The van der Waals surface area contributed by atoms with Crippen molar-refractivity contribution in [2.45, 2.75) is 19.4 Å². The van der Waals surface area contributed by atoms with Crippen LogP contribution in [0.2, 0.25) is 0 Å². The molecule has 0 spiro atoms. The number of rotatable bonds is 3. The van der Waals surface area contributed by atoms with Crippen molar-refractivity contribution in [1.82, 2.24) is 9.80 Å². The fourth-order valence-corrected chi connectivity index (χ4v) is 1.93. The molecule has 0 aromatic carbocycles. The van der Waals surface area contributed by atoms with Gasteiger partial charge in [-0.3, -0.25) is 9.69 Å². The van der Waals surface area contributed by atoms with E-state index in [1.807, 2.05) is 0 Å². The van der Waals surface area contributed by atoms with Gasteiger partial charge in [0, 0.05) is 33.1 Å². The van der Waals surface area contributed by atoms with Crippen LogP contribution in [0.5, 0.6) is 0 Å². The maximum Gasteiger partial charge on any atom is 0.408 e. The van der Waals surface area contributed by atoms with Crippen LogP contribution in [-0.2, 0) is 14.3 Å². The molecule has 2 amide bonds. The number of likely N-dealkylation sites (N-methyl/N-ethyl adjacent to an activating group) is 1. The summed E-state index contributed by atoms with van der Waals surface area (Å²) in [7, 11) is 3.13. The van der Waals surface area contributed by atoms with Crippen molar-refractivity contribution in [3.63, 3.8) is 0 Å². The van der Waals surface area contributed by atoms with Crippen molar-refractivity contribution in [2.75, 3.05) is 27.2 Å². The molecule has 0 unspecified atom stereocenters. The molecule has 1 fully saturated rings. The van der Waals surface area contributed by atoms with Crippen LogP contribution in [0, 0.1) is 0 Å². The Morgan fingerprint density at radius 2 is 2.11 bits per heavy atom. The van der Waals surface area contributed by atoms with Gasteiger partial charge in [-0.1, -0.05) is 0 Å². The van der Waals surface area contributed by atoms with E-state index < -0.39 is 18.1 Å². The topological polar surface area (TPSA) is 87.2 Å². The minimum atomic E-state index is -1.17. The maximum absolute atomic E-state index is 11.9. The standard InChI is InChI=1S/C12H18N2O5/c1-4-19-10(15)6-8-5-9(11(16)13(2)3)14(7-8)12(17)18/h6,9H,4-5,7H2,1-3H3,(H,17,18)/t9-/m0/s1. The minimum absolute atomic E-state index is 0.0540. The molecular formula is C12H18N2O5. The van der Waals surface area contributed by atoms with Crippen molar-refractivity contribution in [3.05, 3.63) is 11.6 Å². The molecule has 0 bridgehead atoms. The Morgan fingerprint density at radius 3 is 2.58 bits per heavy atom. The lowest BCUT2D eigenvalue weighted by Gasteiger charge is -2.22. The van der Waals surface area contributed by atoms with E-state index in [1.165, 1.54) is 11.0 Å². The second-order valence-corrected chi connectivity index (χ2v) is 4.42. The summed E-state index contributed by atoms with van der Waals surface area (Å²) < 4.78 is 4.77. The Kier molecular flexibility index (Phi) is 4.91. The van der Waals surface area contributed by atoms with E-state index in [0.29, 0.717) is 5.57 Å². The van der Waals surface area contributed by atoms with Gasteiger partial charge in [-0.15, -0.1) is 0 Å². The van der Waals surface area contributed by atoms with Crippen LogP contribution in [0.1, 0.15) is 13.3 Å². The van der Waals surface area contributed by atoms with Gasteiger partial charge >= 0.3 is 12.1 Å². The maximum atomic E-state index is 11.9. The number of esters is 1. The zero-order valence-corrected chi connectivity index (χ0v) is 11.3. The highest BCUT2D eigenvalue weighted by Gasteiger charge is 2.37. The average Bonchev–Trinajstić information content (AvgIpc) is 2.72. The fourth-order valence-electron chi connectivity index (χ4n) is 1.93. The highest BCUT2D eigenvalue weighted by Crippen LogP contribution is 2.24. The molecule has 1 N–H and O–H groups in total. The number of carbonyl (C=O) groups excluding carboxylic acids is 2. The zero-order chi connectivity index (χ0) is 14.6. The van der Waals surface area contributed by atoms with E-state index in [1.54, 1.807) is 21.0 Å². The van der Waals surface area contributed by atoms with Crippen molar-refractivity contribution in [2.24, 2.45) is 0 Å². The summed E-state index contributed by atoms with van der Waals surface area (Å²) >= 11 is 0. The first kappa shape index (κ1) is 15.0. The van der Waals surface area contributed by atoms with E-state index in [9.17, 15) is 14.4 Å². The number of likely N-dealkylation sites (tertiary alicyclic amines) is 1. The Morgan fingerprint density at radius 1 is 1.47 bits per heavy atom. The summed E-state index contributed by atoms with van der Waals surface area (Å²) in [6.45, 7) is 2.00. The number of amides is 2. The summed E-state index contributed by atoms with van der Waals surface area (Å²) in [5.41, 5.74) is 0.584. The molecule has 1 saturated heterocycles. The van der Waals surface area contributed by atoms with Gasteiger partial charge in [0.1, 0.15) is 6.04 Å². The lowest BCUT2D eigenvalue weighted by Crippen LogP contribution is -2.44. The van der Waals surface area contributed by atoms with Gasteiger partial charge in [0.15, 0.2) is 0 Å². The van der Waals surface area contributed by atoms with Crippen molar-refractivity contribution < 1.29 is 24.2 Å². The molecule has 19 heavy (non-hydrogen) atoms. The number of carboxylic acid groups (broad SMARTS) is 1. The zero-order valence-electron chi connectivity index (χ0n) is 11.3. The lowest BCUT2D eigenvalue weighted by molar-refractivity contribution is -0.137. The van der Waals surface area contributed by atoms with Crippen LogP contribution in [-0.4, -0.2) is 66.2 Å². The van der Waals surface area contributed by atoms with Crippen molar-refractivity contribution in [3.8, 4) is 0 Å².